The van der Waals surface area contributed by atoms with Crippen LogP contribution in [-0.2, 0) is 0 Å². The van der Waals surface area contributed by atoms with Gasteiger partial charge in [-0.25, -0.2) is 4.98 Å². The van der Waals surface area contributed by atoms with Crippen molar-refractivity contribution in [3.05, 3.63) is 40.9 Å². The van der Waals surface area contributed by atoms with Gasteiger partial charge in [0.1, 0.15) is 16.3 Å². The van der Waals surface area contributed by atoms with Crippen LogP contribution in [-0.4, -0.2) is 10.1 Å². The lowest BCUT2D eigenvalue weighted by Gasteiger charge is -2.05. The maximum atomic E-state index is 10.1. The van der Waals surface area contributed by atoms with Crippen molar-refractivity contribution in [1.29, 1.82) is 0 Å². The molecule has 96 valence electrons. The van der Waals surface area contributed by atoms with Crippen molar-refractivity contribution in [2.45, 2.75) is 6.92 Å². The Balaban J connectivity index is 2.28. The predicted molar refractivity (Wildman–Crippen MR) is 80.9 cm³/mol. The summed E-state index contributed by atoms with van der Waals surface area (Å²) in [6.07, 6.45) is 0. The number of nitrogen functional groups attached to an aromatic ring is 1. The lowest BCUT2D eigenvalue weighted by atomic mass is 10.1. The highest BCUT2D eigenvalue weighted by molar-refractivity contribution is 7.21. The number of rotatable bonds is 1. The third-order valence-corrected chi connectivity index (χ3v) is 4.28. The molecule has 0 bridgehead atoms. The molecular weight excluding hydrogens is 280 g/mol. The zero-order valence-electron chi connectivity index (χ0n) is 10.1. The Morgan fingerprint density at radius 2 is 2.11 bits per heavy atom. The molecule has 0 saturated heterocycles. The monoisotopic (exact) mass is 290 g/mol. The van der Waals surface area contributed by atoms with Crippen LogP contribution >= 0.6 is 22.9 Å². The fourth-order valence-electron chi connectivity index (χ4n) is 2.00. The first-order valence-electron chi connectivity index (χ1n) is 5.71. The fraction of sp³-hybridized carbons (Fsp3) is 0.0714. The number of aryl methyl sites for hydroxylation is 1. The van der Waals surface area contributed by atoms with Crippen LogP contribution in [0.25, 0.3) is 20.8 Å². The number of hydrogen-bond donors (Lipinski definition) is 2. The molecule has 3 aromatic rings. The molecule has 1 heterocycles. The van der Waals surface area contributed by atoms with Gasteiger partial charge in [-0.2, -0.15) is 0 Å². The van der Waals surface area contributed by atoms with Gasteiger partial charge in [0.25, 0.3) is 0 Å². The van der Waals surface area contributed by atoms with E-state index in [2.05, 4.69) is 4.98 Å². The van der Waals surface area contributed by atoms with Crippen molar-refractivity contribution >= 4 is 38.8 Å². The van der Waals surface area contributed by atoms with E-state index in [1.54, 1.807) is 18.2 Å². The molecule has 5 heteroatoms. The zero-order chi connectivity index (χ0) is 13.6. The lowest BCUT2D eigenvalue weighted by molar-refractivity contribution is 0.473. The van der Waals surface area contributed by atoms with Crippen molar-refractivity contribution in [3.8, 4) is 16.3 Å². The number of halogens is 1. The first-order valence-corrected chi connectivity index (χ1v) is 6.90. The van der Waals surface area contributed by atoms with E-state index in [0.717, 1.165) is 20.8 Å². The Kier molecular flexibility index (Phi) is 2.84. The van der Waals surface area contributed by atoms with Gasteiger partial charge in [-0.15, -0.1) is 11.3 Å². The van der Waals surface area contributed by atoms with E-state index in [-0.39, 0.29) is 5.75 Å². The Labute approximate surface area is 119 Å². The van der Waals surface area contributed by atoms with Crippen molar-refractivity contribution in [3.63, 3.8) is 0 Å². The molecular formula is C14H11ClN2OS. The number of anilines is 1. The highest BCUT2D eigenvalue weighted by Crippen LogP contribution is 2.39. The largest absolute Gasteiger partial charge is 0.507 e. The van der Waals surface area contributed by atoms with E-state index in [1.165, 1.54) is 11.3 Å². The number of para-hydroxylation sites is 1. The quantitative estimate of drug-likeness (QED) is 0.521. The van der Waals surface area contributed by atoms with Gasteiger partial charge in [-0.1, -0.05) is 17.7 Å². The highest BCUT2D eigenvalue weighted by Gasteiger charge is 2.14. The van der Waals surface area contributed by atoms with E-state index in [4.69, 9.17) is 17.3 Å². The SMILES string of the molecule is Cc1cc(N)cc(-c2nc3c(Cl)cccc3s2)c1O. The third kappa shape index (κ3) is 2.03. The predicted octanol–water partition coefficient (Wildman–Crippen LogP) is 4.21. The minimum absolute atomic E-state index is 0.212. The second-order valence-electron chi connectivity index (χ2n) is 4.34. The average Bonchev–Trinajstić information content (AvgIpc) is 2.79. The van der Waals surface area contributed by atoms with Crippen LogP contribution in [0.15, 0.2) is 30.3 Å². The Morgan fingerprint density at radius 1 is 1.32 bits per heavy atom. The summed E-state index contributed by atoms with van der Waals surface area (Å²) in [4.78, 5) is 4.50. The normalized spacial score (nSPS) is 11.1. The highest BCUT2D eigenvalue weighted by atomic mass is 35.5. The van der Waals surface area contributed by atoms with Crippen LogP contribution in [0.2, 0.25) is 5.02 Å². The Hall–Kier alpha value is -1.78. The third-order valence-electron chi connectivity index (χ3n) is 2.92. The van der Waals surface area contributed by atoms with E-state index in [0.29, 0.717) is 16.3 Å². The van der Waals surface area contributed by atoms with Crippen LogP contribution in [0, 0.1) is 6.92 Å². The molecule has 0 radical (unpaired) electrons. The van der Waals surface area contributed by atoms with Crippen molar-refractivity contribution in [2.24, 2.45) is 0 Å². The van der Waals surface area contributed by atoms with Gasteiger partial charge in [0, 0.05) is 5.69 Å². The van der Waals surface area contributed by atoms with Gasteiger partial charge in [0.05, 0.1) is 15.3 Å². The molecule has 19 heavy (non-hydrogen) atoms. The van der Waals surface area contributed by atoms with Crippen LogP contribution in [0.5, 0.6) is 5.75 Å². The van der Waals surface area contributed by atoms with Gasteiger partial charge >= 0.3 is 0 Å². The average molecular weight is 291 g/mol. The zero-order valence-corrected chi connectivity index (χ0v) is 11.7. The number of fused-ring (bicyclic) bond motifs is 1. The van der Waals surface area contributed by atoms with E-state index in [1.807, 2.05) is 19.1 Å². The molecule has 0 aliphatic heterocycles. The summed E-state index contributed by atoms with van der Waals surface area (Å²) in [5, 5.41) is 11.5. The molecule has 3 rings (SSSR count). The number of aromatic nitrogens is 1. The van der Waals surface area contributed by atoms with Gasteiger partial charge < -0.3 is 10.8 Å². The number of aromatic hydroxyl groups is 1. The summed E-state index contributed by atoms with van der Waals surface area (Å²) in [5.74, 6) is 0.212. The summed E-state index contributed by atoms with van der Waals surface area (Å²) in [7, 11) is 0. The molecule has 1 aromatic heterocycles. The maximum Gasteiger partial charge on any atom is 0.128 e. The Morgan fingerprint density at radius 3 is 2.84 bits per heavy atom. The van der Waals surface area contributed by atoms with E-state index < -0.39 is 0 Å². The van der Waals surface area contributed by atoms with E-state index in [9.17, 15) is 5.11 Å². The number of phenols is 1. The second-order valence-corrected chi connectivity index (χ2v) is 5.78. The van der Waals surface area contributed by atoms with E-state index >= 15 is 0 Å². The number of thiazole rings is 1. The number of phenolic OH excluding ortho intramolecular Hbond substituents is 1. The van der Waals surface area contributed by atoms with Crippen LogP contribution in [0.1, 0.15) is 5.56 Å². The maximum absolute atomic E-state index is 10.1. The molecule has 3 N–H and O–H groups in total. The molecule has 0 atom stereocenters. The summed E-state index contributed by atoms with van der Waals surface area (Å²) in [5.41, 5.74) is 8.57. The molecule has 0 saturated carbocycles. The molecule has 0 aliphatic carbocycles. The van der Waals surface area contributed by atoms with Gasteiger partial charge in [0.2, 0.25) is 0 Å². The smallest absolute Gasteiger partial charge is 0.128 e. The lowest BCUT2D eigenvalue weighted by Crippen LogP contribution is -1.89. The second kappa shape index (κ2) is 4.40. The Bertz CT molecular complexity index is 782. The van der Waals surface area contributed by atoms with Gasteiger partial charge in [-0.05, 0) is 36.8 Å². The molecule has 2 aromatic carbocycles. The van der Waals surface area contributed by atoms with Crippen molar-refractivity contribution < 1.29 is 5.11 Å². The topological polar surface area (TPSA) is 59.1 Å². The number of nitrogens with two attached hydrogens (primary N) is 1. The molecule has 0 unspecified atom stereocenters. The standard InChI is InChI=1S/C14H11ClN2OS/c1-7-5-8(16)6-9(13(7)18)14-17-12-10(15)3-2-4-11(12)19-14/h2-6,18H,16H2,1H3. The minimum Gasteiger partial charge on any atom is -0.507 e. The summed E-state index contributed by atoms with van der Waals surface area (Å²) in [6, 6.07) is 9.11. The van der Waals surface area contributed by atoms with Crippen LogP contribution < -0.4 is 5.73 Å². The molecule has 3 nitrogen and oxygen atoms in total. The minimum atomic E-state index is 0.212. The van der Waals surface area contributed by atoms with Crippen molar-refractivity contribution in [2.75, 3.05) is 5.73 Å². The summed E-state index contributed by atoms with van der Waals surface area (Å²) in [6.45, 7) is 1.81. The van der Waals surface area contributed by atoms with Crippen molar-refractivity contribution in [1.82, 2.24) is 4.98 Å². The molecule has 0 aliphatic rings. The fourth-order valence-corrected chi connectivity index (χ4v) is 3.28. The first-order chi connectivity index (χ1) is 9.06. The number of nitrogens with zero attached hydrogens (tertiary/aromatic N) is 1. The van der Waals surface area contributed by atoms with Crippen LogP contribution in [0.3, 0.4) is 0 Å². The van der Waals surface area contributed by atoms with Gasteiger partial charge in [0.15, 0.2) is 0 Å². The molecule has 0 amide bonds. The first kappa shape index (κ1) is 12.3. The summed E-state index contributed by atoms with van der Waals surface area (Å²) >= 11 is 7.60. The van der Waals surface area contributed by atoms with Crippen LogP contribution in [0.4, 0.5) is 5.69 Å². The summed E-state index contributed by atoms with van der Waals surface area (Å²) < 4.78 is 0.988. The number of benzene rings is 2. The molecule has 0 spiro atoms. The molecule has 0 fully saturated rings. The van der Waals surface area contributed by atoms with Gasteiger partial charge in [-0.3, -0.25) is 0 Å². The number of hydrogen-bond acceptors (Lipinski definition) is 4.